The van der Waals surface area contributed by atoms with Crippen molar-refractivity contribution in [2.75, 3.05) is 6.61 Å². The molecule has 1 aromatic rings. The Hall–Kier alpha value is -1.58. The predicted octanol–water partition coefficient (Wildman–Crippen LogP) is 0.787. The Morgan fingerprint density at radius 3 is 3.54 bits per heavy atom. The summed E-state index contributed by atoms with van der Waals surface area (Å²) in [5, 5.41) is 3.26. The van der Waals surface area contributed by atoms with Gasteiger partial charge < -0.3 is 4.74 Å². The first kappa shape index (κ1) is 3.65. The fraction of sp³-hybridized carbons (Fsp3) is 0.333. The van der Waals surface area contributed by atoms with Gasteiger partial charge in [-0.2, -0.15) is 5.10 Å². The maximum atomic E-state index is 11.7. The average molecular weight is 187 g/mol. The van der Waals surface area contributed by atoms with Gasteiger partial charge in [-0.15, -0.1) is 0 Å². The standard InChI is InChI=1S/C9H12N2O2/c1-3-13-5-4-8-6-9(12)11(2)10-7-8/h4-7H,3H2,1-2H3/i2D3,4D,5D,6D,7D. The number of nitrogens with zero attached hydrogens (tertiary/aromatic N) is 2. The maximum Gasteiger partial charge on any atom is 0.267 e. The van der Waals surface area contributed by atoms with E-state index >= 15 is 0 Å². The molecule has 70 valence electrons. The topological polar surface area (TPSA) is 44.1 Å². The smallest absolute Gasteiger partial charge is 0.267 e. The van der Waals surface area contributed by atoms with Gasteiger partial charge in [0.2, 0.25) is 0 Å². The molecule has 0 unspecified atom stereocenters. The van der Waals surface area contributed by atoms with Crippen molar-refractivity contribution in [1.29, 1.82) is 0 Å². The first-order valence-corrected chi connectivity index (χ1v) is 3.52. The molecule has 0 bridgehead atoms. The van der Waals surface area contributed by atoms with Gasteiger partial charge >= 0.3 is 0 Å². The lowest BCUT2D eigenvalue weighted by Gasteiger charge is -1.96. The highest BCUT2D eigenvalue weighted by Gasteiger charge is 1.91. The van der Waals surface area contributed by atoms with Gasteiger partial charge in [-0.3, -0.25) is 4.79 Å². The summed E-state index contributed by atoms with van der Waals surface area (Å²) in [5.41, 5.74) is -1.79. The van der Waals surface area contributed by atoms with Gasteiger partial charge in [0.15, 0.2) is 0 Å². The van der Waals surface area contributed by atoms with Crippen LogP contribution in [0.15, 0.2) is 23.2 Å². The monoisotopic (exact) mass is 187 g/mol. The first-order chi connectivity index (χ1) is 9.11. The molecule has 0 atom stereocenters. The van der Waals surface area contributed by atoms with Gasteiger partial charge in [-0.25, -0.2) is 4.68 Å². The number of rotatable bonds is 3. The molecule has 4 nitrogen and oxygen atoms in total. The Balaban J connectivity index is 3.58. The summed E-state index contributed by atoms with van der Waals surface area (Å²) < 4.78 is 56.2. The molecule has 0 N–H and O–H groups in total. The molecule has 1 rings (SSSR count). The number of ether oxygens (including phenoxy) is 1. The minimum absolute atomic E-state index is 0.0404. The van der Waals surface area contributed by atoms with E-state index in [0.717, 1.165) is 0 Å². The van der Waals surface area contributed by atoms with E-state index in [-0.39, 0.29) is 11.3 Å². The largest absolute Gasteiger partial charge is 0.501 e. The molecule has 0 saturated carbocycles. The molecule has 0 aliphatic carbocycles. The third-order valence-electron chi connectivity index (χ3n) is 1.08. The summed E-state index contributed by atoms with van der Waals surface area (Å²) in [6, 6.07) is -1.54. The van der Waals surface area contributed by atoms with Crippen molar-refractivity contribution in [1.82, 2.24) is 9.78 Å². The van der Waals surface area contributed by atoms with Crippen molar-refractivity contribution < 1.29 is 14.3 Å². The number of hydrogen-bond acceptors (Lipinski definition) is 3. The van der Waals surface area contributed by atoms with Crippen molar-refractivity contribution in [3.05, 3.63) is 34.4 Å². The summed E-state index contributed by atoms with van der Waals surface area (Å²) in [5.74, 6) is 0. The van der Waals surface area contributed by atoms with Crippen LogP contribution in [0.25, 0.3) is 6.05 Å². The minimum atomic E-state index is -2.92. The third kappa shape index (κ3) is 2.74. The summed E-state index contributed by atoms with van der Waals surface area (Å²) in [6.07, 6.45) is -1.37. The molecule has 1 aromatic heterocycles. The highest BCUT2D eigenvalue weighted by Crippen LogP contribution is 1.95. The van der Waals surface area contributed by atoms with Gasteiger partial charge in [-0.1, -0.05) is 0 Å². The van der Waals surface area contributed by atoms with Crippen LogP contribution >= 0.6 is 0 Å². The number of hydrogen-bond donors (Lipinski definition) is 0. The molecule has 0 aliphatic rings. The van der Waals surface area contributed by atoms with Crippen LogP contribution in [0.3, 0.4) is 0 Å². The Bertz CT molecular complexity index is 606. The Kier molecular flexibility index (Phi) is 1.25. The Morgan fingerprint density at radius 2 is 2.85 bits per heavy atom. The summed E-state index contributed by atoms with van der Waals surface area (Å²) >= 11 is 0. The van der Waals surface area contributed by atoms with E-state index in [1.54, 1.807) is 6.92 Å². The molecule has 1 heterocycles. The van der Waals surface area contributed by atoms with Crippen molar-refractivity contribution in [2.45, 2.75) is 6.92 Å². The van der Waals surface area contributed by atoms with Crippen molar-refractivity contribution in [2.24, 2.45) is 6.98 Å². The quantitative estimate of drug-likeness (QED) is 0.657. The van der Waals surface area contributed by atoms with Crippen LogP contribution in [0.5, 0.6) is 0 Å². The van der Waals surface area contributed by atoms with Crippen molar-refractivity contribution in [3.8, 4) is 0 Å². The molecule has 0 fully saturated rings. The highest BCUT2D eigenvalue weighted by atomic mass is 16.5. The molecule has 4 heteroatoms. The van der Waals surface area contributed by atoms with Gasteiger partial charge in [0.25, 0.3) is 5.56 Å². The van der Waals surface area contributed by atoms with Gasteiger partial charge in [0, 0.05) is 22.7 Å². The maximum absolute atomic E-state index is 11.7. The van der Waals surface area contributed by atoms with E-state index in [1.807, 2.05) is 0 Å². The SMILES string of the molecule is [2H]C(OCC)=C([2H])c1c([2H])nn(C([2H])([2H])[2H])c(=O)c1[2H]. The molecule has 0 aliphatic heterocycles. The van der Waals surface area contributed by atoms with Crippen LogP contribution < -0.4 is 5.56 Å². The van der Waals surface area contributed by atoms with E-state index in [1.165, 1.54) is 0 Å². The minimum Gasteiger partial charge on any atom is -0.501 e. The van der Waals surface area contributed by atoms with E-state index in [0.29, 0.717) is 0 Å². The fourth-order valence-corrected chi connectivity index (χ4v) is 0.552. The van der Waals surface area contributed by atoms with Crippen molar-refractivity contribution in [3.63, 3.8) is 0 Å². The van der Waals surface area contributed by atoms with Crippen LogP contribution in [-0.4, -0.2) is 16.4 Å². The summed E-state index contributed by atoms with van der Waals surface area (Å²) in [6.45, 7) is -1.24. The summed E-state index contributed by atoms with van der Waals surface area (Å²) in [7, 11) is 0. The zero-order valence-electron chi connectivity index (χ0n) is 13.9. The van der Waals surface area contributed by atoms with Crippen molar-refractivity contribution >= 4 is 6.05 Å². The fourth-order valence-electron chi connectivity index (χ4n) is 0.552. The highest BCUT2D eigenvalue weighted by molar-refractivity contribution is 5.45. The molecule has 13 heavy (non-hydrogen) atoms. The van der Waals surface area contributed by atoms with Gasteiger partial charge in [0.1, 0.15) is 1.37 Å². The number of aryl methyl sites for hydroxylation is 1. The second-order valence-electron chi connectivity index (χ2n) is 1.99. The molecular weight excluding hydrogens is 168 g/mol. The van der Waals surface area contributed by atoms with Crippen LogP contribution in [0.2, 0.25) is 0 Å². The third-order valence-corrected chi connectivity index (χ3v) is 1.08. The zero-order chi connectivity index (χ0) is 15.7. The first-order valence-electron chi connectivity index (χ1n) is 7.02. The number of aromatic nitrogens is 2. The average Bonchev–Trinajstić information content (AvgIpc) is 2.32. The van der Waals surface area contributed by atoms with Gasteiger partial charge in [0.05, 0.1) is 23.1 Å². The van der Waals surface area contributed by atoms with Gasteiger partial charge in [-0.05, 0) is 13.0 Å². The lowest BCUT2D eigenvalue weighted by Crippen LogP contribution is -2.17. The van der Waals surface area contributed by atoms with Crippen LogP contribution in [0.4, 0.5) is 0 Å². The van der Waals surface area contributed by atoms with E-state index in [9.17, 15) is 4.79 Å². The van der Waals surface area contributed by atoms with Crippen LogP contribution in [-0.2, 0) is 11.7 Å². The zero-order valence-corrected chi connectivity index (χ0v) is 6.92. The second kappa shape index (κ2) is 4.45. The van der Waals surface area contributed by atoms with E-state index < -0.39 is 42.6 Å². The molecule has 0 amide bonds. The molecule has 0 spiro atoms. The van der Waals surface area contributed by atoms with Crippen LogP contribution in [0.1, 0.15) is 22.1 Å². The van der Waals surface area contributed by atoms with E-state index in [2.05, 4.69) is 5.10 Å². The summed E-state index contributed by atoms with van der Waals surface area (Å²) in [4.78, 5) is 11.7. The lowest BCUT2D eigenvalue weighted by atomic mass is 10.3. The lowest BCUT2D eigenvalue weighted by molar-refractivity contribution is 0.272. The second-order valence-corrected chi connectivity index (χ2v) is 1.99. The normalized spacial score (nSPS) is 20.8. The molecular formula is C9H12N2O2. The Labute approximate surface area is 86.3 Å². The molecule has 0 radical (unpaired) electrons. The molecule has 0 aromatic carbocycles. The Morgan fingerprint density at radius 1 is 2.00 bits per heavy atom. The predicted molar refractivity (Wildman–Crippen MR) is 50.1 cm³/mol. The van der Waals surface area contributed by atoms with Crippen LogP contribution in [0, 0.1) is 0 Å². The molecule has 0 saturated heterocycles. The van der Waals surface area contributed by atoms with E-state index in [4.69, 9.17) is 14.3 Å².